The summed E-state index contributed by atoms with van der Waals surface area (Å²) in [6.45, 7) is 2.19. The number of benzene rings is 3. The number of hydrogen-bond acceptors (Lipinski definition) is 9. The van der Waals surface area contributed by atoms with Gasteiger partial charge in [0.2, 0.25) is 11.8 Å². The fourth-order valence-electron chi connectivity index (χ4n) is 4.73. The monoisotopic (exact) mass is 606 g/mol. The number of phenolic OH excluding ortho intramolecular Hbond substituents is 2. The molecule has 226 valence electrons. The number of aromatic hydroxyl groups is 2. The molecule has 0 aliphatic carbocycles. The fraction of sp³-hybridized carbons (Fsp3) is 0.258. The number of nitrogens with two attached hydrogens (primary N) is 2. The summed E-state index contributed by atoms with van der Waals surface area (Å²) in [6.07, 6.45) is 1.56. The van der Waals surface area contributed by atoms with Crippen LogP contribution in [0.4, 0.5) is 5.69 Å². The highest BCUT2D eigenvalue weighted by Crippen LogP contribution is 2.34. The quantitative estimate of drug-likeness (QED) is 0.116. The number of nitrogens with one attached hydrogen (secondary N) is 2. The van der Waals surface area contributed by atoms with Crippen LogP contribution < -0.4 is 31.7 Å². The normalized spacial score (nSPS) is 17.0. The predicted molar refractivity (Wildman–Crippen MR) is 167 cm³/mol. The van der Waals surface area contributed by atoms with Crippen LogP contribution in [-0.4, -0.2) is 66.3 Å². The molecule has 1 aliphatic rings. The van der Waals surface area contributed by atoms with Crippen LogP contribution in [0.15, 0.2) is 71.7 Å². The van der Waals surface area contributed by atoms with E-state index in [4.69, 9.17) is 32.8 Å². The van der Waals surface area contributed by atoms with Crippen LogP contribution in [0.5, 0.6) is 17.2 Å². The topological polar surface area (TPSA) is 176 Å². The zero-order valence-corrected chi connectivity index (χ0v) is 24.6. The molecule has 1 aliphatic heterocycles. The molecule has 0 bridgehead atoms. The van der Waals surface area contributed by atoms with Crippen LogP contribution in [-0.2, 0) is 9.59 Å². The molecule has 3 atom stereocenters. The Hall–Kier alpha value is -4.58. The molecule has 12 heteroatoms. The van der Waals surface area contributed by atoms with Gasteiger partial charge < -0.3 is 42.0 Å². The highest BCUT2D eigenvalue weighted by molar-refractivity contribution is 6.30. The number of hydrogen-bond donors (Lipinski definition) is 6. The van der Waals surface area contributed by atoms with Gasteiger partial charge in [0.15, 0.2) is 11.5 Å². The van der Waals surface area contributed by atoms with Gasteiger partial charge in [-0.2, -0.15) is 0 Å². The van der Waals surface area contributed by atoms with E-state index in [9.17, 15) is 19.8 Å². The Balaban J connectivity index is 1.46. The lowest BCUT2D eigenvalue weighted by Gasteiger charge is -2.36. The number of carbonyl (C=O) groups is 2. The summed E-state index contributed by atoms with van der Waals surface area (Å²) in [5, 5.41) is 25.0. The SMILES string of the molecule is COc1ccc2c(c1)C(c1ccc(Cl)cc1)=N[C@@H](CC(=O)NCCNC(=O)/C=C/c1ccc(O)c(O)c1)C(N)N2C(C)N. The molecule has 0 fully saturated rings. The lowest BCUT2D eigenvalue weighted by Crippen LogP contribution is -2.56. The molecule has 2 unspecified atom stereocenters. The van der Waals surface area contributed by atoms with Crippen molar-refractivity contribution in [1.29, 1.82) is 0 Å². The van der Waals surface area contributed by atoms with E-state index in [0.29, 0.717) is 22.0 Å². The standard InChI is InChI=1S/C31H35ClN6O5/c1-18(33)38-25-10-9-22(43-2)16-23(25)30(20-5-7-21(32)8-6-20)37-24(31(38)34)17-29(42)36-14-13-35-28(41)12-4-19-3-11-26(39)27(40)15-19/h3-12,15-16,18,24,31,39-40H,13-14,17,33-34H2,1-2H3,(H,35,41)(H,36,42)/b12-4+/t18?,24-,31?/m0/s1. The van der Waals surface area contributed by atoms with Gasteiger partial charge in [-0.3, -0.25) is 14.6 Å². The molecule has 43 heavy (non-hydrogen) atoms. The maximum atomic E-state index is 13.0. The second-order valence-electron chi connectivity index (χ2n) is 10.0. The maximum absolute atomic E-state index is 13.0. The number of amides is 2. The summed E-state index contributed by atoms with van der Waals surface area (Å²) in [6, 6.07) is 16.4. The predicted octanol–water partition coefficient (Wildman–Crippen LogP) is 2.71. The number of fused-ring (bicyclic) bond motifs is 1. The van der Waals surface area contributed by atoms with Crippen molar-refractivity contribution in [3.05, 3.63) is 88.5 Å². The summed E-state index contributed by atoms with van der Waals surface area (Å²) >= 11 is 6.15. The lowest BCUT2D eigenvalue weighted by molar-refractivity contribution is -0.122. The third kappa shape index (κ3) is 7.83. The molecule has 0 saturated carbocycles. The van der Waals surface area contributed by atoms with Crippen molar-refractivity contribution < 1.29 is 24.5 Å². The summed E-state index contributed by atoms with van der Waals surface area (Å²) < 4.78 is 5.48. The van der Waals surface area contributed by atoms with Gasteiger partial charge in [-0.05, 0) is 61.0 Å². The lowest BCUT2D eigenvalue weighted by atomic mass is 9.99. The molecule has 3 aromatic carbocycles. The van der Waals surface area contributed by atoms with Gasteiger partial charge in [0.05, 0.1) is 31.4 Å². The van der Waals surface area contributed by atoms with E-state index in [1.165, 1.54) is 24.3 Å². The van der Waals surface area contributed by atoms with Crippen LogP contribution in [0.3, 0.4) is 0 Å². The average Bonchev–Trinajstić information content (AvgIpc) is 3.10. The Morgan fingerprint density at radius 3 is 2.47 bits per heavy atom. The van der Waals surface area contributed by atoms with E-state index in [0.717, 1.165) is 16.8 Å². The van der Waals surface area contributed by atoms with Crippen molar-refractivity contribution >= 4 is 40.9 Å². The number of ether oxygens (including phenoxy) is 1. The van der Waals surface area contributed by atoms with E-state index in [2.05, 4.69) is 10.6 Å². The number of aliphatic imine (C=N–C) groups is 1. The van der Waals surface area contributed by atoms with Crippen molar-refractivity contribution in [2.75, 3.05) is 25.1 Å². The first-order chi connectivity index (χ1) is 20.6. The van der Waals surface area contributed by atoms with E-state index < -0.39 is 18.4 Å². The fourth-order valence-corrected chi connectivity index (χ4v) is 4.86. The van der Waals surface area contributed by atoms with E-state index >= 15 is 0 Å². The number of rotatable bonds is 10. The number of halogens is 1. The number of nitrogens with zero attached hydrogens (tertiary/aromatic N) is 2. The van der Waals surface area contributed by atoms with Crippen LogP contribution in [0.2, 0.25) is 5.02 Å². The van der Waals surface area contributed by atoms with E-state index in [-0.39, 0.29) is 42.8 Å². The third-order valence-corrected chi connectivity index (χ3v) is 7.12. The molecule has 1 heterocycles. The number of phenols is 2. The second-order valence-corrected chi connectivity index (χ2v) is 10.4. The van der Waals surface area contributed by atoms with Gasteiger partial charge in [-0.1, -0.05) is 29.8 Å². The van der Waals surface area contributed by atoms with Crippen LogP contribution >= 0.6 is 11.6 Å². The van der Waals surface area contributed by atoms with Crippen molar-refractivity contribution in [3.63, 3.8) is 0 Å². The highest BCUT2D eigenvalue weighted by Gasteiger charge is 2.34. The smallest absolute Gasteiger partial charge is 0.244 e. The van der Waals surface area contributed by atoms with E-state index in [1.54, 1.807) is 25.3 Å². The minimum atomic E-state index is -0.716. The number of methoxy groups -OCH3 is 1. The Morgan fingerprint density at radius 1 is 1.07 bits per heavy atom. The minimum Gasteiger partial charge on any atom is -0.504 e. The first kappa shape index (κ1) is 31.4. The number of anilines is 1. The average molecular weight is 607 g/mol. The molecule has 11 nitrogen and oxygen atoms in total. The molecular formula is C31H35ClN6O5. The zero-order valence-electron chi connectivity index (χ0n) is 23.8. The van der Waals surface area contributed by atoms with Gasteiger partial charge in [-0.15, -0.1) is 0 Å². The molecule has 0 radical (unpaired) electrons. The summed E-state index contributed by atoms with van der Waals surface area (Å²) in [5.41, 5.74) is 16.6. The van der Waals surface area contributed by atoms with Gasteiger partial charge in [0.1, 0.15) is 11.9 Å². The molecule has 0 aromatic heterocycles. The maximum Gasteiger partial charge on any atom is 0.244 e. The number of carbonyl (C=O) groups excluding carboxylic acids is 2. The van der Waals surface area contributed by atoms with Crippen LogP contribution in [0.25, 0.3) is 6.08 Å². The van der Waals surface area contributed by atoms with Crippen molar-refractivity contribution in [3.8, 4) is 17.2 Å². The molecule has 8 N–H and O–H groups in total. The van der Waals surface area contributed by atoms with E-state index in [1.807, 2.05) is 42.2 Å². The van der Waals surface area contributed by atoms with Gasteiger partial charge in [0.25, 0.3) is 0 Å². The summed E-state index contributed by atoms with van der Waals surface area (Å²) in [7, 11) is 1.58. The third-order valence-electron chi connectivity index (χ3n) is 6.87. The Kier molecular flexibility index (Phi) is 10.3. The largest absolute Gasteiger partial charge is 0.504 e. The van der Waals surface area contributed by atoms with Gasteiger partial charge in [0, 0.05) is 41.0 Å². The van der Waals surface area contributed by atoms with Gasteiger partial charge >= 0.3 is 0 Å². The molecule has 0 saturated heterocycles. The van der Waals surface area contributed by atoms with Gasteiger partial charge in [-0.25, -0.2) is 0 Å². The molecule has 0 spiro atoms. The number of benzodiazepines with no additional fused rings is 1. The van der Waals surface area contributed by atoms with Crippen molar-refractivity contribution in [2.24, 2.45) is 16.5 Å². The Bertz CT molecular complexity index is 1530. The highest BCUT2D eigenvalue weighted by atomic mass is 35.5. The van der Waals surface area contributed by atoms with Crippen molar-refractivity contribution in [2.45, 2.75) is 31.7 Å². The zero-order chi connectivity index (χ0) is 31.1. The van der Waals surface area contributed by atoms with Crippen molar-refractivity contribution in [1.82, 2.24) is 10.6 Å². The Labute approximate surface area is 254 Å². The van der Waals surface area contributed by atoms with Crippen LogP contribution in [0.1, 0.15) is 30.0 Å². The molecule has 3 aromatic rings. The summed E-state index contributed by atoms with van der Waals surface area (Å²) in [5.74, 6) is -0.573. The van der Waals surface area contributed by atoms with Crippen LogP contribution in [0, 0.1) is 0 Å². The second kappa shape index (κ2) is 14.1. The molecule has 4 rings (SSSR count). The Morgan fingerprint density at radius 2 is 1.79 bits per heavy atom. The summed E-state index contributed by atoms with van der Waals surface area (Å²) in [4.78, 5) is 32.0. The molecular weight excluding hydrogens is 572 g/mol. The first-order valence-corrected chi connectivity index (χ1v) is 14.0. The first-order valence-electron chi connectivity index (χ1n) is 13.6. The molecule has 2 amide bonds. The minimum absolute atomic E-state index is 0.0230.